The fraction of sp³-hybridized carbons (Fsp3) is 0.467. The van der Waals surface area contributed by atoms with Crippen LogP contribution in [0.15, 0.2) is 23.0 Å². The van der Waals surface area contributed by atoms with Crippen molar-refractivity contribution in [3.05, 3.63) is 34.2 Å². The third-order valence-electron chi connectivity index (χ3n) is 4.72. The monoisotopic (exact) mass is 274 g/mol. The minimum atomic E-state index is -0.983. The molecule has 20 heavy (non-hydrogen) atoms. The number of aromatic nitrogens is 2. The van der Waals surface area contributed by atoms with Crippen LogP contribution in [0.5, 0.6) is 0 Å². The topological polar surface area (TPSA) is 75.1 Å². The summed E-state index contributed by atoms with van der Waals surface area (Å²) < 4.78 is 1.80. The molecule has 0 bridgehead atoms. The van der Waals surface area contributed by atoms with Crippen molar-refractivity contribution in [3.8, 4) is 0 Å². The van der Waals surface area contributed by atoms with Crippen molar-refractivity contribution in [1.82, 2.24) is 9.55 Å². The highest BCUT2D eigenvalue weighted by Gasteiger charge is 2.32. The molecule has 5 heteroatoms. The van der Waals surface area contributed by atoms with Gasteiger partial charge in [0.25, 0.3) is 0 Å². The average Bonchev–Trinajstić information content (AvgIpc) is 2.89. The van der Waals surface area contributed by atoms with E-state index in [-0.39, 0.29) is 17.3 Å². The lowest BCUT2D eigenvalue weighted by Crippen LogP contribution is -2.24. The van der Waals surface area contributed by atoms with Gasteiger partial charge in [0.2, 0.25) is 0 Å². The SMILES string of the molecule is CC1CCC(n2c(=O)[nH]c3cc(C(=O)O)ccc32)C1C. The summed E-state index contributed by atoms with van der Waals surface area (Å²) in [5.74, 6) is 0.0735. The number of carboxylic acid groups (broad SMARTS) is 1. The highest BCUT2D eigenvalue weighted by Crippen LogP contribution is 2.40. The number of fused-ring (bicyclic) bond motifs is 1. The molecule has 0 radical (unpaired) electrons. The summed E-state index contributed by atoms with van der Waals surface area (Å²) in [7, 11) is 0. The zero-order valence-electron chi connectivity index (χ0n) is 11.6. The van der Waals surface area contributed by atoms with Gasteiger partial charge in [0.15, 0.2) is 0 Å². The van der Waals surface area contributed by atoms with Crippen LogP contribution in [0, 0.1) is 11.8 Å². The maximum atomic E-state index is 12.2. The lowest BCUT2D eigenvalue weighted by atomic mass is 9.97. The molecule has 3 unspecified atom stereocenters. The highest BCUT2D eigenvalue weighted by molar-refractivity contribution is 5.92. The second-order valence-corrected chi connectivity index (χ2v) is 5.82. The first kappa shape index (κ1) is 13.0. The van der Waals surface area contributed by atoms with Crippen molar-refractivity contribution in [1.29, 1.82) is 0 Å². The number of rotatable bonds is 2. The van der Waals surface area contributed by atoms with E-state index in [0.29, 0.717) is 17.4 Å². The molecule has 1 aromatic carbocycles. The molecule has 0 aliphatic heterocycles. The van der Waals surface area contributed by atoms with Gasteiger partial charge in [0, 0.05) is 6.04 Å². The molecule has 0 saturated heterocycles. The quantitative estimate of drug-likeness (QED) is 0.884. The lowest BCUT2D eigenvalue weighted by molar-refractivity contribution is 0.0697. The minimum absolute atomic E-state index is 0.145. The molecule has 2 aromatic rings. The summed E-state index contributed by atoms with van der Waals surface area (Å²) in [6.07, 6.45) is 2.12. The number of hydrogen-bond acceptors (Lipinski definition) is 2. The molecule has 1 saturated carbocycles. The largest absolute Gasteiger partial charge is 0.478 e. The van der Waals surface area contributed by atoms with E-state index in [1.54, 1.807) is 16.7 Å². The van der Waals surface area contributed by atoms with Gasteiger partial charge in [-0.25, -0.2) is 9.59 Å². The van der Waals surface area contributed by atoms with Gasteiger partial charge in [-0.3, -0.25) is 4.57 Å². The normalized spacial score (nSPS) is 26.2. The van der Waals surface area contributed by atoms with E-state index in [9.17, 15) is 9.59 Å². The van der Waals surface area contributed by atoms with Crippen LogP contribution in [-0.4, -0.2) is 20.6 Å². The van der Waals surface area contributed by atoms with Gasteiger partial charge >= 0.3 is 11.7 Å². The first-order valence-electron chi connectivity index (χ1n) is 6.96. The Bertz CT molecular complexity index is 728. The Morgan fingerprint density at radius 1 is 1.35 bits per heavy atom. The summed E-state index contributed by atoms with van der Waals surface area (Å²) in [6.45, 7) is 4.40. The first-order valence-corrected chi connectivity index (χ1v) is 6.96. The molecule has 1 aliphatic carbocycles. The number of carbonyl (C=O) groups is 1. The predicted octanol–water partition coefficient (Wildman–Crippen LogP) is 2.63. The van der Waals surface area contributed by atoms with Crippen molar-refractivity contribution < 1.29 is 9.90 Å². The van der Waals surface area contributed by atoms with E-state index < -0.39 is 5.97 Å². The Morgan fingerprint density at radius 2 is 2.10 bits per heavy atom. The van der Waals surface area contributed by atoms with E-state index in [1.807, 2.05) is 0 Å². The van der Waals surface area contributed by atoms with Crippen molar-refractivity contribution in [3.63, 3.8) is 0 Å². The Hall–Kier alpha value is -2.04. The Morgan fingerprint density at radius 3 is 2.70 bits per heavy atom. The second-order valence-electron chi connectivity index (χ2n) is 5.82. The van der Waals surface area contributed by atoms with Crippen LogP contribution in [0.25, 0.3) is 11.0 Å². The van der Waals surface area contributed by atoms with Crippen LogP contribution in [-0.2, 0) is 0 Å². The number of hydrogen-bond donors (Lipinski definition) is 2. The Labute approximate surface area is 116 Å². The number of aromatic carboxylic acids is 1. The molecule has 0 amide bonds. The van der Waals surface area contributed by atoms with Gasteiger partial charge < -0.3 is 10.1 Å². The van der Waals surface area contributed by atoms with Crippen LogP contribution in [0.1, 0.15) is 43.1 Å². The number of nitrogens with zero attached hydrogens (tertiary/aromatic N) is 1. The third kappa shape index (κ3) is 1.85. The van der Waals surface area contributed by atoms with E-state index in [0.717, 1.165) is 18.4 Å². The smallest absolute Gasteiger partial charge is 0.335 e. The standard InChI is InChI=1S/C15H18N2O3/c1-8-3-5-12(9(8)2)17-13-6-4-10(14(18)19)7-11(13)16-15(17)20/h4,6-9,12H,3,5H2,1-2H3,(H,16,20)(H,18,19). The fourth-order valence-corrected chi connectivity index (χ4v) is 3.30. The number of imidazole rings is 1. The van der Waals surface area contributed by atoms with Gasteiger partial charge in [-0.1, -0.05) is 13.8 Å². The lowest BCUT2D eigenvalue weighted by Gasteiger charge is -2.19. The summed E-state index contributed by atoms with van der Waals surface area (Å²) >= 11 is 0. The first-order chi connectivity index (χ1) is 9.49. The predicted molar refractivity (Wildman–Crippen MR) is 76.1 cm³/mol. The maximum absolute atomic E-state index is 12.2. The minimum Gasteiger partial charge on any atom is -0.478 e. The molecule has 0 spiro atoms. The van der Waals surface area contributed by atoms with Gasteiger partial charge in [-0.15, -0.1) is 0 Å². The number of nitrogens with one attached hydrogen (secondary N) is 1. The van der Waals surface area contributed by atoms with Gasteiger partial charge in [-0.2, -0.15) is 0 Å². The molecule has 3 atom stereocenters. The zero-order valence-corrected chi connectivity index (χ0v) is 11.6. The van der Waals surface area contributed by atoms with Crippen LogP contribution in [0.4, 0.5) is 0 Å². The summed E-state index contributed by atoms with van der Waals surface area (Å²) in [6, 6.07) is 5.00. The van der Waals surface area contributed by atoms with E-state index in [2.05, 4.69) is 18.8 Å². The van der Waals surface area contributed by atoms with E-state index in [4.69, 9.17) is 5.11 Å². The van der Waals surface area contributed by atoms with Crippen LogP contribution in [0.2, 0.25) is 0 Å². The molecular weight excluding hydrogens is 256 g/mol. The molecular formula is C15H18N2O3. The van der Waals surface area contributed by atoms with Gasteiger partial charge in [0.05, 0.1) is 16.6 Å². The number of carboxylic acids is 1. The summed E-state index contributed by atoms with van der Waals surface area (Å²) in [4.78, 5) is 26.0. The van der Waals surface area contributed by atoms with Crippen LogP contribution < -0.4 is 5.69 Å². The molecule has 1 heterocycles. The molecule has 3 rings (SSSR count). The fourth-order valence-electron chi connectivity index (χ4n) is 3.30. The molecule has 2 N–H and O–H groups in total. The van der Waals surface area contributed by atoms with Crippen LogP contribution in [0.3, 0.4) is 0 Å². The van der Waals surface area contributed by atoms with Gasteiger partial charge in [0.1, 0.15) is 0 Å². The number of benzene rings is 1. The van der Waals surface area contributed by atoms with Crippen molar-refractivity contribution >= 4 is 17.0 Å². The van der Waals surface area contributed by atoms with E-state index >= 15 is 0 Å². The molecule has 5 nitrogen and oxygen atoms in total. The highest BCUT2D eigenvalue weighted by atomic mass is 16.4. The molecule has 1 fully saturated rings. The van der Waals surface area contributed by atoms with Crippen molar-refractivity contribution in [2.24, 2.45) is 11.8 Å². The summed E-state index contributed by atoms with van der Waals surface area (Å²) in [5.41, 5.74) is 1.44. The Kier molecular flexibility index (Phi) is 2.92. The van der Waals surface area contributed by atoms with Crippen LogP contribution >= 0.6 is 0 Å². The van der Waals surface area contributed by atoms with Crippen molar-refractivity contribution in [2.45, 2.75) is 32.7 Å². The van der Waals surface area contributed by atoms with E-state index in [1.165, 1.54) is 6.07 Å². The van der Waals surface area contributed by atoms with Crippen molar-refractivity contribution in [2.75, 3.05) is 0 Å². The molecule has 1 aromatic heterocycles. The maximum Gasteiger partial charge on any atom is 0.335 e. The van der Waals surface area contributed by atoms with Gasteiger partial charge in [-0.05, 0) is 42.9 Å². The number of H-pyrrole nitrogens is 1. The average molecular weight is 274 g/mol. The zero-order chi connectivity index (χ0) is 14.4. The molecule has 106 valence electrons. The third-order valence-corrected chi connectivity index (χ3v) is 4.72. The summed E-state index contributed by atoms with van der Waals surface area (Å²) in [5, 5.41) is 9.01. The Balaban J connectivity index is 2.15. The second kappa shape index (κ2) is 4.51. The number of aromatic amines is 1. The molecule has 1 aliphatic rings.